The van der Waals surface area contributed by atoms with Crippen LogP contribution in [0.15, 0.2) is 65.8 Å². The van der Waals surface area contributed by atoms with Crippen LogP contribution in [-0.4, -0.2) is 35.8 Å². The number of halogens is 1. The lowest BCUT2D eigenvalue weighted by atomic mass is 10.2. The quantitative estimate of drug-likeness (QED) is 0.260. The number of hydrogen-bond donors (Lipinski definition) is 0. The second kappa shape index (κ2) is 10.9. The van der Waals surface area contributed by atoms with Gasteiger partial charge in [-0.3, -0.25) is 14.7 Å². The van der Waals surface area contributed by atoms with Crippen molar-refractivity contribution in [2.75, 3.05) is 24.9 Å². The smallest absolute Gasteiger partial charge is 0.229 e. The van der Waals surface area contributed by atoms with Gasteiger partial charge in [-0.05, 0) is 48.0 Å². The minimum Gasteiger partial charge on any atom is -0.497 e. The number of carbonyl (C=O) groups excluding carboxylic acids is 1. The molecule has 1 amide bonds. The lowest BCUT2D eigenvalue weighted by molar-refractivity contribution is -0.118. The molecule has 170 valence electrons. The van der Waals surface area contributed by atoms with E-state index in [1.165, 1.54) is 11.3 Å². The summed E-state index contributed by atoms with van der Waals surface area (Å²) in [6, 6.07) is 15.2. The predicted octanol–water partition coefficient (Wildman–Crippen LogP) is 6.08. The molecule has 4 aromatic rings. The number of pyridine rings is 1. The van der Waals surface area contributed by atoms with E-state index in [-0.39, 0.29) is 5.91 Å². The third-order valence-corrected chi connectivity index (χ3v) is 7.46. The SMILES string of the molecule is COc1ccc(SCCC(=O)N(Cc2cccnc2)c2nc3c(OC)ccc(Cl)c3s2)cc1. The molecule has 0 bridgehead atoms. The van der Waals surface area contributed by atoms with E-state index in [2.05, 4.69) is 4.98 Å². The number of nitrogens with zero attached hydrogens (tertiary/aromatic N) is 3. The second-order valence-corrected chi connectivity index (χ2v) is 9.59. The number of anilines is 1. The maximum absolute atomic E-state index is 13.3. The predicted molar refractivity (Wildman–Crippen MR) is 135 cm³/mol. The molecule has 9 heteroatoms. The Hall–Kier alpha value is -2.81. The molecule has 6 nitrogen and oxygen atoms in total. The summed E-state index contributed by atoms with van der Waals surface area (Å²) < 4.78 is 11.4. The molecule has 4 rings (SSSR count). The summed E-state index contributed by atoms with van der Waals surface area (Å²) >= 11 is 9.42. The molecule has 0 spiro atoms. The van der Waals surface area contributed by atoms with E-state index >= 15 is 0 Å². The molecule has 2 heterocycles. The first-order chi connectivity index (χ1) is 16.1. The summed E-state index contributed by atoms with van der Waals surface area (Å²) in [5, 5.41) is 1.16. The van der Waals surface area contributed by atoms with Crippen molar-refractivity contribution in [3.63, 3.8) is 0 Å². The number of thioether (sulfide) groups is 1. The van der Waals surface area contributed by atoms with Gasteiger partial charge < -0.3 is 9.47 Å². The number of rotatable bonds is 9. The maximum Gasteiger partial charge on any atom is 0.229 e. The Morgan fingerprint density at radius 2 is 1.94 bits per heavy atom. The van der Waals surface area contributed by atoms with E-state index in [1.807, 2.05) is 36.4 Å². The standard InChI is InChI=1S/C24H22ClN3O3S2/c1-30-17-5-7-18(8-6-17)32-13-11-21(29)28(15-16-4-3-12-26-14-16)24-27-22-20(31-2)10-9-19(25)23(22)33-24/h3-10,12,14H,11,13,15H2,1-2H3. The van der Waals surface area contributed by atoms with Crippen LogP contribution in [0, 0.1) is 0 Å². The minimum absolute atomic E-state index is 0.0194. The Morgan fingerprint density at radius 3 is 2.64 bits per heavy atom. The van der Waals surface area contributed by atoms with Crippen LogP contribution in [0.5, 0.6) is 11.5 Å². The fourth-order valence-corrected chi connectivity index (χ4v) is 5.33. The summed E-state index contributed by atoms with van der Waals surface area (Å²) in [6.45, 7) is 0.375. The first-order valence-electron chi connectivity index (χ1n) is 10.2. The summed E-state index contributed by atoms with van der Waals surface area (Å²) in [6.07, 6.45) is 3.83. The van der Waals surface area contributed by atoms with Crippen LogP contribution in [0.2, 0.25) is 5.02 Å². The molecule has 0 saturated carbocycles. The van der Waals surface area contributed by atoms with Crippen LogP contribution in [0.25, 0.3) is 10.2 Å². The third-order valence-electron chi connectivity index (χ3n) is 4.91. The van der Waals surface area contributed by atoms with Gasteiger partial charge in [-0.1, -0.05) is 29.0 Å². The van der Waals surface area contributed by atoms with Gasteiger partial charge in [0.15, 0.2) is 5.13 Å². The molecule has 2 aromatic heterocycles. The van der Waals surface area contributed by atoms with Crippen molar-refractivity contribution in [1.29, 1.82) is 0 Å². The molecule has 0 aliphatic rings. The van der Waals surface area contributed by atoms with Crippen LogP contribution >= 0.6 is 34.7 Å². The fourth-order valence-electron chi connectivity index (χ4n) is 3.22. The van der Waals surface area contributed by atoms with Crippen molar-refractivity contribution in [3.05, 3.63) is 71.5 Å². The van der Waals surface area contributed by atoms with E-state index < -0.39 is 0 Å². The molecule has 33 heavy (non-hydrogen) atoms. The number of aromatic nitrogens is 2. The summed E-state index contributed by atoms with van der Waals surface area (Å²) in [5.41, 5.74) is 1.58. The minimum atomic E-state index is -0.0194. The molecule has 0 N–H and O–H groups in total. The van der Waals surface area contributed by atoms with Gasteiger partial charge in [0, 0.05) is 29.5 Å². The van der Waals surface area contributed by atoms with Crippen LogP contribution in [0.3, 0.4) is 0 Å². The normalized spacial score (nSPS) is 10.9. The molecule has 0 aliphatic heterocycles. The molecule has 0 unspecified atom stereocenters. The monoisotopic (exact) mass is 499 g/mol. The van der Waals surface area contributed by atoms with Crippen LogP contribution in [0.1, 0.15) is 12.0 Å². The van der Waals surface area contributed by atoms with Crippen molar-refractivity contribution in [2.45, 2.75) is 17.9 Å². The Labute approximate surface area is 205 Å². The third kappa shape index (κ3) is 5.58. The Morgan fingerprint density at radius 1 is 1.12 bits per heavy atom. The Balaban J connectivity index is 1.56. The zero-order valence-corrected chi connectivity index (χ0v) is 20.5. The van der Waals surface area contributed by atoms with E-state index in [4.69, 9.17) is 26.1 Å². The number of thiazole rings is 1. The number of hydrogen-bond acceptors (Lipinski definition) is 7. The lowest BCUT2D eigenvalue weighted by Crippen LogP contribution is -2.30. The molecule has 0 saturated heterocycles. The lowest BCUT2D eigenvalue weighted by Gasteiger charge is -2.20. The first-order valence-corrected chi connectivity index (χ1v) is 12.4. The first kappa shape index (κ1) is 23.4. The highest BCUT2D eigenvalue weighted by molar-refractivity contribution is 7.99. The van der Waals surface area contributed by atoms with Gasteiger partial charge >= 0.3 is 0 Å². The zero-order valence-electron chi connectivity index (χ0n) is 18.2. The van der Waals surface area contributed by atoms with E-state index in [0.29, 0.717) is 40.1 Å². The van der Waals surface area contributed by atoms with Crippen molar-refractivity contribution < 1.29 is 14.3 Å². The van der Waals surface area contributed by atoms with Gasteiger partial charge in [0.05, 0.1) is 30.5 Å². The van der Waals surface area contributed by atoms with Gasteiger partial charge in [0.1, 0.15) is 17.0 Å². The van der Waals surface area contributed by atoms with Crippen molar-refractivity contribution >= 4 is 56.0 Å². The topological polar surface area (TPSA) is 64.5 Å². The van der Waals surface area contributed by atoms with Crippen LogP contribution in [-0.2, 0) is 11.3 Å². The number of fused-ring (bicyclic) bond motifs is 1. The van der Waals surface area contributed by atoms with Crippen molar-refractivity contribution in [1.82, 2.24) is 9.97 Å². The van der Waals surface area contributed by atoms with Gasteiger partial charge in [0.2, 0.25) is 5.91 Å². The molecular weight excluding hydrogens is 478 g/mol. The van der Waals surface area contributed by atoms with Gasteiger partial charge in [0.25, 0.3) is 0 Å². The van der Waals surface area contributed by atoms with Gasteiger partial charge in [-0.15, -0.1) is 11.8 Å². The molecule has 0 radical (unpaired) electrons. The highest BCUT2D eigenvalue weighted by Gasteiger charge is 2.22. The van der Waals surface area contributed by atoms with Gasteiger partial charge in [-0.25, -0.2) is 4.98 Å². The molecule has 0 fully saturated rings. The molecule has 0 aliphatic carbocycles. The molecular formula is C24H22ClN3O3S2. The van der Waals surface area contributed by atoms with Crippen LogP contribution < -0.4 is 14.4 Å². The van der Waals surface area contributed by atoms with Crippen molar-refractivity contribution in [3.8, 4) is 11.5 Å². The maximum atomic E-state index is 13.3. The molecule has 2 aromatic carbocycles. The molecule has 0 atom stereocenters. The summed E-state index contributed by atoms with van der Waals surface area (Å²) in [7, 11) is 3.24. The summed E-state index contributed by atoms with van der Waals surface area (Å²) in [5.74, 6) is 2.06. The van der Waals surface area contributed by atoms with Crippen LogP contribution in [0.4, 0.5) is 5.13 Å². The second-order valence-electron chi connectivity index (χ2n) is 7.04. The highest BCUT2D eigenvalue weighted by Crippen LogP contribution is 2.39. The number of benzene rings is 2. The van der Waals surface area contributed by atoms with E-state index in [1.54, 1.807) is 55.4 Å². The zero-order chi connectivity index (χ0) is 23.2. The average molecular weight is 500 g/mol. The Kier molecular flexibility index (Phi) is 7.69. The van der Waals surface area contributed by atoms with Crippen molar-refractivity contribution in [2.24, 2.45) is 0 Å². The number of carbonyl (C=O) groups is 1. The van der Waals surface area contributed by atoms with E-state index in [0.717, 1.165) is 20.9 Å². The largest absolute Gasteiger partial charge is 0.497 e. The number of amides is 1. The number of methoxy groups -OCH3 is 2. The number of ether oxygens (including phenoxy) is 2. The highest BCUT2D eigenvalue weighted by atomic mass is 35.5. The fraction of sp³-hybridized carbons (Fsp3) is 0.208. The average Bonchev–Trinajstić information content (AvgIpc) is 3.30. The van der Waals surface area contributed by atoms with Gasteiger partial charge in [-0.2, -0.15) is 0 Å². The summed E-state index contributed by atoms with van der Waals surface area (Å²) in [4.78, 5) is 25.0. The Bertz CT molecular complexity index is 1230. The van der Waals surface area contributed by atoms with E-state index in [9.17, 15) is 4.79 Å².